The molecule has 1 fully saturated rings. The number of thiophene rings is 1. The van der Waals surface area contributed by atoms with E-state index in [9.17, 15) is 0 Å². The molecule has 1 N–H and O–H groups in total. The fourth-order valence-electron chi connectivity index (χ4n) is 1.89. The summed E-state index contributed by atoms with van der Waals surface area (Å²) >= 11 is 3.33. The van der Waals surface area contributed by atoms with Crippen molar-refractivity contribution in [2.45, 2.75) is 31.7 Å². The molecule has 0 unspecified atom stereocenters. The summed E-state index contributed by atoms with van der Waals surface area (Å²) in [6, 6.07) is 2.76. The molecule has 4 nitrogen and oxygen atoms in total. The molecule has 6 heteroatoms. The molecule has 3 rings (SSSR count). The van der Waals surface area contributed by atoms with Crippen LogP contribution in [-0.4, -0.2) is 29.9 Å². The average Bonchev–Trinajstić information content (AvgIpc) is 2.94. The second-order valence-electron chi connectivity index (χ2n) is 4.65. The molecule has 0 atom stereocenters. The molecule has 19 heavy (non-hydrogen) atoms. The maximum Gasteiger partial charge on any atom is 0.161 e. The average molecular weight is 295 g/mol. The zero-order valence-corrected chi connectivity index (χ0v) is 12.5. The predicted octanol–water partition coefficient (Wildman–Crippen LogP) is 2.96. The van der Waals surface area contributed by atoms with Gasteiger partial charge < -0.3 is 10.1 Å². The highest BCUT2D eigenvalue weighted by Crippen LogP contribution is 2.36. The normalized spacial score (nSPS) is 14.8. The molecule has 0 spiro atoms. The highest BCUT2D eigenvalue weighted by molar-refractivity contribution is 7.21. The minimum Gasteiger partial charge on any atom is -0.495 e. The first-order chi connectivity index (χ1) is 9.36. The van der Waals surface area contributed by atoms with Crippen LogP contribution in [0, 0.1) is 0 Å². The number of methoxy groups -OCH3 is 1. The molecule has 1 aliphatic rings. The summed E-state index contributed by atoms with van der Waals surface area (Å²) in [6.07, 6.45) is 4.83. The standard InChI is InChI=1S/C13H17N3OS2/c1-17-10-6-8-18-12(10)13-16-15-11(19-13)3-2-7-14-9-4-5-9/h6,8-9,14H,2-5,7H2,1H3. The van der Waals surface area contributed by atoms with E-state index in [1.54, 1.807) is 29.8 Å². The smallest absolute Gasteiger partial charge is 0.161 e. The van der Waals surface area contributed by atoms with Crippen LogP contribution in [-0.2, 0) is 6.42 Å². The first-order valence-electron chi connectivity index (χ1n) is 6.54. The van der Waals surface area contributed by atoms with Crippen LogP contribution < -0.4 is 10.1 Å². The highest BCUT2D eigenvalue weighted by atomic mass is 32.1. The van der Waals surface area contributed by atoms with Crippen molar-refractivity contribution in [3.05, 3.63) is 16.5 Å². The van der Waals surface area contributed by atoms with Gasteiger partial charge >= 0.3 is 0 Å². The monoisotopic (exact) mass is 295 g/mol. The Bertz CT molecular complexity index is 533. The number of nitrogens with one attached hydrogen (secondary N) is 1. The van der Waals surface area contributed by atoms with Gasteiger partial charge in [-0.1, -0.05) is 11.3 Å². The lowest BCUT2D eigenvalue weighted by molar-refractivity contribution is 0.418. The van der Waals surface area contributed by atoms with Crippen molar-refractivity contribution >= 4 is 22.7 Å². The van der Waals surface area contributed by atoms with E-state index in [1.807, 2.05) is 11.4 Å². The Labute approximate surface area is 120 Å². The summed E-state index contributed by atoms with van der Waals surface area (Å²) in [7, 11) is 1.69. The summed E-state index contributed by atoms with van der Waals surface area (Å²) < 4.78 is 5.32. The first-order valence-corrected chi connectivity index (χ1v) is 8.24. The van der Waals surface area contributed by atoms with Gasteiger partial charge in [-0.25, -0.2) is 0 Å². The Morgan fingerprint density at radius 2 is 2.32 bits per heavy atom. The van der Waals surface area contributed by atoms with Crippen LogP contribution >= 0.6 is 22.7 Å². The highest BCUT2D eigenvalue weighted by Gasteiger charge is 2.19. The number of ether oxygens (including phenoxy) is 1. The van der Waals surface area contributed by atoms with Crippen LogP contribution in [0.3, 0.4) is 0 Å². The topological polar surface area (TPSA) is 47.0 Å². The molecule has 0 aromatic carbocycles. The van der Waals surface area contributed by atoms with Gasteiger partial charge in [-0.05, 0) is 37.3 Å². The van der Waals surface area contributed by atoms with E-state index in [-0.39, 0.29) is 0 Å². The maximum absolute atomic E-state index is 5.32. The van der Waals surface area contributed by atoms with E-state index in [0.717, 1.165) is 46.1 Å². The van der Waals surface area contributed by atoms with Gasteiger partial charge in [0.2, 0.25) is 0 Å². The first kappa shape index (κ1) is 13.0. The third-order valence-corrected chi connectivity index (χ3v) is 5.12. The molecule has 2 heterocycles. The van der Waals surface area contributed by atoms with Crippen LogP contribution in [0.5, 0.6) is 5.75 Å². The van der Waals surface area contributed by atoms with E-state index in [1.165, 1.54) is 12.8 Å². The summed E-state index contributed by atoms with van der Waals surface area (Å²) in [5, 5.41) is 16.2. The van der Waals surface area contributed by atoms with Gasteiger partial charge in [0.15, 0.2) is 5.01 Å². The minimum absolute atomic E-state index is 0.792. The van der Waals surface area contributed by atoms with Crippen LogP contribution in [0.1, 0.15) is 24.3 Å². The molecule has 0 bridgehead atoms. The summed E-state index contributed by atoms with van der Waals surface area (Å²) in [5.41, 5.74) is 0. The molecular formula is C13H17N3OS2. The fourth-order valence-corrected chi connectivity index (χ4v) is 3.73. The second kappa shape index (κ2) is 5.98. The molecule has 0 amide bonds. The van der Waals surface area contributed by atoms with Crippen molar-refractivity contribution in [2.75, 3.05) is 13.7 Å². The number of hydrogen-bond acceptors (Lipinski definition) is 6. The van der Waals surface area contributed by atoms with Gasteiger partial charge in [0.25, 0.3) is 0 Å². The molecular weight excluding hydrogens is 278 g/mol. The maximum atomic E-state index is 5.32. The molecule has 102 valence electrons. The van der Waals surface area contributed by atoms with E-state index in [4.69, 9.17) is 4.74 Å². The lowest BCUT2D eigenvalue weighted by Crippen LogP contribution is -2.17. The van der Waals surface area contributed by atoms with Gasteiger partial charge in [0.1, 0.15) is 15.6 Å². The number of aryl methyl sites for hydroxylation is 1. The van der Waals surface area contributed by atoms with Crippen LogP contribution in [0.2, 0.25) is 0 Å². The Hall–Kier alpha value is -0.980. The van der Waals surface area contributed by atoms with E-state index in [2.05, 4.69) is 15.5 Å². The van der Waals surface area contributed by atoms with E-state index < -0.39 is 0 Å². The van der Waals surface area contributed by atoms with Gasteiger partial charge in [-0.15, -0.1) is 21.5 Å². The van der Waals surface area contributed by atoms with Crippen molar-refractivity contribution in [1.82, 2.24) is 15.5 Å². The Morgan fingerprint density at radius 1 is 1.42 bits per heavy atom. The SMILES string of the molecule is COc1ccsc1-c1nnc(CCCNC2CC2)s1. The molecule has 2 aromatic heterocycles. The number of hydrogen-bond donors (Lipinski definition) is 1. The summed E-state index contributed by atoms with van der Waals surface area (Å²) in [4.78, 5) is 1.09. The van der Waals surface area contributed by atoms with Crippen LogP contribution in [0.25, 0.3) is 9.88 Å². The van der Waals surface area contributed by atoms with Gasteiger partial charge in [-0.3, -0.25) is 0 Å². The van der Waals surface area contributed by atoms with Crippen molar-refractivity contribution in [3.8, 4) is 15.6 Å². The summed E-state index contributed by atoms with van der Waals surface area (Å²) in [6.45, 7) is 1.09. The second-order valence-corrected chi connectivity index (χ2v) is 6.63. The Balaban J connectivity index is 1.56. The van der Waals surface area contributed by atoms with Gasteiger partial charge in [0.05, 0.1) is 7.11 Å². The summed E-state index contributed by atoms with van der Waals surface area (Å²) in [5.74, 6) is 0.892. The number of aromatic nitrogens is 2. The third kappa shape index (κ3) is 3.32. The molecule has 1 aliphatic carbocycles. The third-order valence-electron chi connectivity index (χ3n) is 3.09. The van der Waals surface area contributed by atoms with Crippen LogP contribution in [0.15, 0.2) is 11.4 Å². The minimum atomic E-state index is 0.792. The molecule has 1 saturated carbocycles. The predicted molar refractivity (Wildman–Crippen MR) is 79.1 cm³/mol. The van der Waals surface area contributed by atoms with Crippen molar-refractivity contribution in [3.63, 3.8) is 0 Å². The van der Waals surface area contributed by atoms with Crippen molar-refractivity contribution < 1.29 is 4.74 Å². The number of rotatable bonds is 7. The Kier molecular flexibility index (Phi) is 4.10. The van der Waals surface area contributed by atoms with Crippen LogP contribution in [0.4, 0.5) is 0 Å². The molecule has 0 radical (unpaired) electrons. The zero-order chi connectivity index (χ0) is 13.1. The van der Waals surface area contributed by atoms with E-state index in [0.29, 0.717) is 0 Å². The van der Waals surface area contributed by atoms with E-state index >= 15 is 0 Å². The Morgan fingerprint density at radius 3 is 3.11 bits per heavy atom. The van der Waals surface area contributed by atoms with Crippen molar-refractivity contribution in [1.29, 1.82) is 0 Å². The fraction of sp³-hybridized carbons (Fsp3) is 0.538. The largest absolute Gasteiger partial charge is 0.495 e. The van der Waals surface area contributed by atoms with Gasteiger partial charge in [-0.2, -0.15) is 0 Å². The molecule has 2 aromatic rings. The van der Waals surface area contributed by atoms with Gasteiger partial charge in [0, 0.05) is 12.5 Å². The lowest BCUT2D eigenvalue weighted by atomic mass is 10.3. The van der Waals surface area contributed by atoms with Crippen molar-refractivity contribution in [2.24, 2.45) is 0 Å². The molecule has 0 aliphatic heterocycles. The quantitative estimate of drug-likeness (QED) is 0.798. The molecule has 0 saturated heterocycles. The number of nitrogens with zero attached hydrogens (tertiary/aromatic N) is 2. The zero-order valence-electron chi connectivity index (χ0n) is 10.9. The lowest BCUT2D eigenvalue weighted by Gasteiger charge is -1.99.